The fraction of sp³-hybridized carbons (Fsp3) is 0.316. The summed E-state index contributed by atoms with van der Waals surface area (Å²) < 4.78 is 49.3. The number of amides is 1. The van der Waals surface area contributed by atoms with Gasteiger partial charge in [-0.15, -0.1) is 0 Å². The Kier molecular flexibility index (Phi) is 3.94. The van der Waals surface area contributed by atoms with E-state index in [9.17, 15) is 18.0 Å². The van der Waals surface area contributed by atoms with Crippen molar-refractivity contribution in [3.05, 3.63) is 54.1 Å². The maximum atomic E-state index is 12.8. The number of hydrogen-bond acceptors (Lipinski definition) is 4. The zero-order chi connectivity index (χ0) is 19.3. The number of nitrogens with one attached hydrogen (secondary N) is 1. The molecule has 2 aromatic rings. The van der Waals surface area contributed by atoms with E-state index in [1.54, 1.807) is 24.3 Å². The van der Waals surface area contributed by atoms with E-state index in [1.807, 2.05) is 0 Å². The number of anilines is 1. The molecule has 2 heterocycles. The molecule has 1 saturated carbocycles. The van der Waals surface area contributed by atoms with Crippen LogP contribution >= 0.6 is 0 Å². The van der Waals surface area contributed by atoms with Gasteiger partial charge in [-0.05, 0) is 42.5 Å². The Labute approximate surface area is 153 Å². The summed E-state index contributed by atoms with van der Waals surface area (Å²) in [5.41, 5.74) is 4.52. The van der Waals surface area contributed by atoms with Gasteiger partial charge >= 0.3 is 6.18 Å². The molecule has 8 heteroatoms. The molecule has 3 aliphatic rings. The molecule has 0 atom stereocenters. The maximum absolute atomic E-state index is 12.8. The second-order valence-electron chi connectivity index (χ2n) is 7.11. The van der Waals surface area contributed by atoms with Crippen LogP contribution in [0.25, 0.3) is 0 Å². The van der Waals surface area contributed by atoms with Crippen LogP contribution < -0.4 is 15.8 Å². The summed E-state index contributed by atoms with van der Waals surface area (Å²) in [6.45, 7) is 0.379. The van der Waals surface area contributed by atoms with Gasteiger partial charge < -0.3 is 20.5 Å². The summed E-state index contributed by atoms with van der Waals surface area (Å²) >= 11 is 0. The monoisotopic (exact) mass is 378 g/mol. The summed E-state index contributed by atoms with van der Waals surface area (Å²) in [7, 11) is 0. The molecule has 5 rings (SSSR count). The van der Waals surface area contributed by atoms with E-state index in [-0.39, 0.29) is 17.2 Å². The minimum atomic E-state index is -4.43. The van der Waals surface area contributed by atoms with Crippen molar-refractivity contribution in [3.63, 3.8) is 0 Å². The molecule has 0 spiro atoms. The molecular weight excluding hydrogens is 361 g/mol. The van der Waals surface area contributed by atoms with E-state index in [4.69, 9.17) is 15.2 Å². The molecular formula is C19H17F3N2O3. The SMILES string of the molecule is NC12COC(C(=O)Nc3ccc(Oc4cccc(C(F)(F)F)c4)cc3)(C1)C2. The lowest BCUT2D eigenvalue weighted by molar-refractivity contribution is -0.138. The smallest absolute Gasteiger partial charge is 0.416 e. The second kappa shape index (κ2) is 5.97. The molecule has 3 N–H and O–H groups in total. The van der Waals surface area contributed by atoms with Crippen molar-refractivity contribution in [2.45, 2.75) is 30.2 Å². The molecule has 142 valence electrons. The first-order valence-corrected chi connectivity index (χ1v) is 8.37. The predicted molar refractivity (Wildman–Crippen MR) is 91.4 cm³/mol. The number of ether oxygens (including phenoxy) is 2. The zero-order valence-electron chi connectivity index (χ0n) is 14.2. The van der Waals surface area contributed by atoms with Gasteiger partial charge in [0.05, 0.1) is 12.2 Å². The van der Waals surface area contributed by atoms with Gasteiger partial charge in [0.15, 0.2) is 5.60 Å². The number of carbonyl (C=O) groups excluding carboxylic acids is 1. The molecule has 27 heavy (non-hydrogen) atoms. The molecule has 0 aromatic heterocycles. The molecule has 0 radical (unpaired) electrons. The highest BCUT2D eigenvalue weighted by molar-refractivity contribution is 5.99. The van der Waals surface area contributed by atoms with Crippen LogP contribution in [0.3, 0.4) is 0 Å². The van der Waals surface area contributed by atoms with Crippen LogP contribution in [0.15, 0.2) is 48.5 Å². The third-order valence-corrected chi connectivity index (χ3v) is 4.83. The van der Waals surface area contributed by atoms with Crippen molar-refractivity contribution in [3.8, 4) is 11.5 Å². The Morgan fingerprint density at radius 2 is 1.81 bits per heavy atom. The Hall–Kier alpha value is -2.58. The molecule has 2 aromatic carbocycles. The fourth-order valence-electron chi connectivity index (χ4n) is 3.52. The second-order valence-corrected chi connectivity index (χ2v) is 7.11. The van der Waals surface area contributed by atoms with E-state index < -0.39 is 17.3 Å². The minimum absolute atomic E-state index is 0.0774. The van der Waals surface area contributed by atoms with Crippen molar-refractivity contribution < 1.29 is 27.4 Å². The van der Waals surface area contributed by atoms with E-state index in [0.29, 0.717) is 30.9 Å². The van der Waals surface area contributed by atoms with Gasteiger partial charge in [-0.1, -0.05) is 6.07 Å². The predicted octanol–water partition coefficient (Wildman–Crippen LogP) is 3.70. The first-order chi connectivity index (χ1) is 12.7. The highest BCUT2D eigenvalue weighted by Crippen LogP contribution is 2.50. The van der Waals surface area contributed by atoms with Crippen LogP contribution in [0.1, 0.15) is 18.4 Å². The normalized spacial score (nSPS) is 26.4. The van der Waals surface area contributed by atoms with Crippen LogP contribution in [-0.2, 0) is 15.7 Å². The quantitative estimate of drug-likeness (QED) is 0.851. The fourth-order valence-corrected chi connectivity index (χ4v) is 3.52. The molecule has 2 bridgehead atoms. The van der Waals surface area contributed by atoms with Crippen LogP contribution in [0, 0.1) is 0 Å². The molecule has 5 nitrogen and oxygen atoms in total. The number of carbonyl (C=O) groups is 1. The standard InChI is InChI=1S/C19H17F3N2O3/c20-19(21,22)12-2-1-3-15(8-12)27-14-6-4-13(5-7-14)24-16(25)18-9-17(23,10-18)11-26-18/h1-8H,9-11,23H2,(H,24,25). The molecule has 1 amide bonds. The maximum Gasteiger partial charge on any atom is 0.416 e. The van der Waals surface area contributed by atoms with Gasteiger partial charge in [0.2, 0.25) is 0 Å². The highest BCUT2D eigenvalue weighted by atomic mass is 19.4. The molecule has 2 aliphatic heterocycles. The number of nitrogens with two attached hydrogens (primary N) is 1. The van der Waals surface area contributed by atoms with Crippen molar-refractivity contribution in [1.29, 1.82) is 0 Å². The number of benzene rings is 2. The summed E-state index contributed by atoms with van der Waals surface area (Å²) in [5.74, 6) is 0.188. The van der Waals surface area contributed by atoms with E-state index in [2.05, 4.69) is 5.32 Å². The van der Waals surface area contributed by atoms with E-state index in [1.165, 1.54) is 12.1 Å². The lowest BCUT2D eigenvalue weighted by atomic mass is 9.68. The average Bonchev–Trinajstić information content (AvgIpc) is 3.11. The van der Waals surface area contributed by atoms with Crippen LogP contribution in [0.4, 0.5) is 18.9 Å². The van der Waals surface area contributed by atoms with Gasteiger partial charge in [0, 0.05) is 24.1 Å². The summed E-state index contributed by atoms with van der Waals surface area (Å²) in [6.07, 6.45) is -3.43. The van der Waals surface area contributed by atoms with Gasteiger partial charge in [0.1, 0.15) is 11.5 Å². The van der Waals surface area contributed by atoms with Crippen molar-refractivity contribution in [2.24, 2.45) is 5.73 Å². The van der Waals surface area contributed by atoms with Gasteiger partial charge in [0.25, 0.3) is 5.91 Å². The van der Waals surface area contributed by atoms with Crippen LogP contribution in [0.2, 0.25) is 0 Å². The molecule has 1 aliphatic carbocycles. The number of fused-ring (bicyclic) bond motifs is 1. The van der Waals surface area contributed by atoms with Crippen molar-refractivity contribution in [2.75, 3.05) is 11.9 Å². The largest absolute Gasteiger partial charge is 0.457 e. The third kappa shape index (κ3) is 3.38. The highest BCUT2D eigenvalue weighted by Gasteiger charge is 2.64. The van der Waals surface area contributed by atoms with E-state index >= 15 is 0 Å². The van der Waals surface area contributed by atoms with Crippen molar-refractivity contribution in [1.82, 2.24) is 0 Å². The first-order valence-electron chi connectivity index (χ1n) is 8.37. The van der Waals surface area contributed by atoms with Crippen LogP contribution in [0.5, 0.6) is 11.5 Å². The number of halogens is 3. The van der Waals surface area contributed by atoms with Gasteiger partial charge in [-0.2, -0.15) is 13.2 Å². The number of hydrogen-bond donors (Lipinski definition) is 2. The number of alkyl halides is 3. The first kappa shape index (κ1) is 17.8. The zero-order valence-corrected chi connectivity index (χ0v) is 14.2. The molecule has 3 fully saturated rings. The Morgan fingerprint density at radius 1 is 1.11 bits per heavy atom. The Morgan fingerprint density at radius 3 is 2.41 bits per heavy atom. The van der Waals surface area contributed by atoms with Crippen molar-refractivity contribution >= 4 is 11.6 Å². The van der Waals surface area contributed by atoms with Crippen LogP contribution in [-0.4, -0.2) is 23.7 Å². The minimum Gasteiger partial charge on any atom is -0.457 e. The van der Waals surface area contributed by atoms with E-state index in [0.717, 1.165) is 12.1 Å². The molecule has 2 saturated heterocycles. The van der Waals surface area contributed by atoms with Gasteiger partial charge in [-0.25, -0.2) is 0 Å². The Bertz CT molecular complexity index is 875. The van der Waals surface area contributed by atoms with Gasteiger partial charge in [-0.3, -0.25) is 4.79 Å². The lowest BCUT2D eigenvalue weighted by Crippen LogP contribution is -2.60. The summed E-state index contributed by atoms with van der Waals surface area (Å²) in [6, 6.07) is 11.0. The summed E-state index contributed by atoms with van der Waals surface area (Å²) in [5, 5.41) is 2.78. The lowest BCUT2D eigenvalue weighted by Gasteiger charge is -2.40. The topological polar surface area (TPSA) is 73.6 Å². The average molecular weight is 378 g/mol. The number of rotatable bonds is 4. The summed E-state index contributed by atoms with van der Waals surface area (Å²) in [4.78, 5) is 12.4. The Balaban J connectivity index is 1.40. The molecule has 0 unspecified atom stereocenters. The third-order valence-electron chi connectivity index (χ3n) is 4.83.